The zero-order chi connectivity index (χ0) is 22.3. The minimum atomic E-state index is -3.08. The van der Waals surface area contributed by atoms with E-state index in [2.05, 4.69) is 5.32 Å². The van der Waals surface area contributed by atoms with Crippen molar-refractivity contribution in [2.24, 2.45) is 5.92 Å². The van der Waals surface area contributed by atoms with Crippen molar-refractivity contribution in [2.45, 2.75) is 24.5 Å². The standard InChI is InChI=1S/C20H20NO8P/c22-16(23)11-10-14(20(26)27)18(30(28)29)17(12-6-2-1-3-7-12)21-15-9-5-4-8-13(15)19(24)25/h1-9,14,17-18,21H,10-11H2,(H3-,22,23,24,25,26,27,28,29)/p+1. The summed E-state index contributed by atoms with van der Waals surface area (Å²) in [5, 5.41) is 30.9. The van der Waals surface area contributed by atoms with Crippen LogP contribution in [0.4, 0.5) is 5.69 Å². The average Bonchev–Trinajstić information content (AvgIpc) is 2.70. The largest absolute Gasteiger partial charge is 0.512 e. The number of hydrogen-bond acceptors (Lipinski definition) is 5. The summed E-state index contributed by atoms with van der Waals surface area (Å²) < 4.78 is 12.3. The third kappa shape index (κ3) is 5.85. The van der Waals surface area contributed by atoms with Gasteiger partial charge in [0.15, 0.2) is 0 Å². The molecule has 0 aliphatic carbocycles. The molecule has 4 atom stereocenters. The molecule has 0 spiro atoms. The van der Waals surface area contributed by atoms with Gasteiger partial charge in [0.05, 0.1) is 5.56 Å². The Kier molecular flexibility index (Phi) is 8.03. The Hall–Kier alpha value is -3.29. The summed E-state index contributed by atoms with van der Waals surface area (Å²) >= 11 is 0. The van der Waals surface area contributed by atoms with Gasteiger partial charge in [-0.05, 0) is 28.7 Å². The lowest BCUT2D eigenvalue weighted by molar-refractivity contribution is -0.143. The molecule has 2 rings (SSSR count). The van der Waals surface area contributed by atoms with Crippen molar-refractivity contribution in [3.63, 3.8) is 0 Å². The minimum Gasteiger partial charge on any atom is -0.481 e. The van der Waals surface area contributed by atoms with Gasteiger partial charge in [-0.25, -0.2) is 4.79 Å². The van der Waals surface area contributed by atoms with Gasteiger partial charge in [-0.3, -0.25) is 9.59 Å². The van der Waals surface area contributed by atoms with E-state index in [0.29, 0.717) is 5.56 Å². The van der Waals surface area contributed by atoms with Gasteiger partial charge in [0, 0.05) is 12.1 Å². The third-order valence-corrected chi connectivity index (χ3v) is 5.79. The molecule has 4 unspecified atom stereocenters. The van der Waals surface area contributed by atoms with Crippen LogP contribution in [-0.4, -0.2) is 43.8 Å². The quantitative estimate of drug-likeness (QED) is 0.334. The molecule has 30 heavy (non-hydrogen) atoms. The van der Waals surface area contributed by atoms with Crippen LogP contribution >= 0.6 is 8.03 Å². The van der Waals surface area contributed by atoms with E-state index < -0.39 is 50.0 Å². The predicted molar refractivity (Wildman–Crippen MR) is 108 cm³/mol. The zero-order valence-electron chi connectivity index (χ0n) is 15.7. The molecular weight excluding hydrogens is 413 g/mol. The summed E-state index contributed by atoms with van der Waals surface area (Å²) in [6, 6.07) is 13.1. The normalized spacial score (nSPS) is 14.2. The number of para-hydroxylation sites is 1. The van der Waals surface area contributed by atoms with Crippen molar-refractivity contribution in [1.29, 1.82) is 0 Å². The van der Waals surface area contributed by atoms with Gasteiger partial charge >= 0.3 is 25.9 Å². The smallest absolute Gasteiger partial charge is 0.481 e. The summed E-state index contributed by atoms with van der Waals surface area (Å²) in [5.41, 5.74) is -0.909. The van der Waals surface area contributed by atoms with Crippen LogP contribution in [0.25, 0.3) is 0 Å². The highest BCUT2D eigenvalue weighted by Gasteiger charge is 2.48. The van der Waals surface area contributed by atoms with E-state index in [4.69, 9.17) is 5.11 Å². The number of carboxylic acid groups (broad SMARTS) is 3. The summed E-state index contributed by atoms with van der Waals surface area (Å²) in [6.45, 7) is 0. The third-order valence-electron chi connectivity index (χ3n) is 4.62. The first-order valence-corrected chi connectivity index (χ1v) is 10.2. The first-order chi connectivity index (χ1) is 14.2. The molecule has 0 aromatic heterocycles. The molecule has 0 saturated heterocycles. The van der Waals surface area contributed by atoms with Crippen molar-refractivity contribution in [2.75, 3.05) is 5.32 Å². The van der Waals surface area contributed by atoms with Crippen molar-refractivity contribution in [3.8, 4) is 0 Å². The Balaban J connectivity index is 2.56. The van der Waals surface area contributed by atoms with Gasteiger partial charge < -0.3 is 20.6 Å². The van der Waals surface area contributed by atoms with Gasteiger partial charge in [-0.1, -0.05) is 42.5 Å². The molecule has 2 aromatic rings. The van der Waals surface area contributed by atoms with Crippen molar-refractivity contribution < 1.29 is 39.2 Å². The lowest BCUT2D eigenvalue weighted by Gasteiger charge is -2.26. The number of anilines is 1. The second-order valence-electron chi connectivity index (χ2n) is 6.55. The summed E-state index contributed by atoms with van der Waals surface area (Å²) in [6.07, 6.45) is -0.855. The molecule has 0 aliphatic rings. The predicted octanol–water partition coefficient (Wildman–Crippen LogP) is 3.21. The summed E-state index contributed by atoms with van der Waals surface area (Å²) in [4.78, 5) is 44.4. The van der Waals surface area contributed by atoms with E-state index in [9.17, 15) is 34.1 Å². The Labute approximate surface area is 172 Å². The maximum atomic E-state index is 12.3. The lowest BCUT2D eigenvalue weighted by Crippen LogP contribution is -2.35. The van der Waals surface area contributed by atoms with Crippen LogP contribution < -0.4 is 5.32 Å². The topological polar surface area (TPSA) is 161 Å². The lowest BCUT2D eigenvalue weighted by atomic mass is 9.90. The summed E-state index contributed by atoms with van der Waals surface area (Å²) in [5.74, 6) is -5.32. The van der Waals surface area contributed by atoms with E-state index in [0.717, 1.165) is 0 Å². The van der Waals surface area contributed by atoms with Gasteiger partial charge in [-0.15, -0.1) is 0 Å². The molecule has 158 valence electrons. The number of rotatable bonds is 11. The number of benzene rings is 2. The molecule has 0 aliphatic heterocycles. The molecule has 10 heteroatoms. The van der Waals surface area contributed by atoms with E-state index in [1.807, 2.05) is 0 Å². The van der Waals surface area contributed by atoms with E-state index >= 15 is 0 Å². The highest BCUT2D eigenvalue weighted by atomic mass is 31.1. The van der Waals surface area contributed by atoms with Crippen LogP contribution in [0, 0.1) is 5.92 Å². The average molecular weight is 434 g/mol. The van der Waals surface area contributed by atoms with Gasteiger partial charge in [0.2, 0.25) is 5.66 Å². The van der Waals surface area contributed by atoms with Crippen molar-refractivity contribution in [3.05, 3.63) is 65.7 Å². The van der Waals surface area contributed by atoms with Crippen LogP contribution in [0.5, 0.6) is 0 Å². The zero-order valence-corrected chi connectivity index (χ0v) is 16.6. The van der Waals surface area contributed by atoms with Gasteiger partial charge in [0.1, 0.15) is 12.0 Å². The Morgan fingerprint density at radius 3 is 2.07 bits per heavy atom. The molecule has 0 fully saturated rings. The van der Waals surface area contributed by atoms with Crippen molar-refractivity contribution >= 4 is 31.6 Å². The summed E-state index contributed by atoms with van der Waals surface area (Å²) in [7, 11) is -3.08. The van der Waals surface area contributed by atoms with Crippen molar-refractivity contribution in [1.82, 2.24) is 0 Å². The fourth-order valence-corrected chi connectivity index (χ4v) is 4.31. The SMILES string of the molecule is O=C(O)CCC(C(=O)O)C(C(Nc1ccccc1C(=O)O)c1ccccc1)[P+](=O)O. The van der Waals surface area contributed by atoms with E-state index in [1.165, 1.54) is 18.2 Å². The highest BCUT2D eigenvalue weighted by Crippen LogP contribution is 2.42. The van der Waals surface area contributed by atoms with Crippen LogP contribution in [-0.2, 0) is 14.2 Å². The molecule has 0 bridgehead atoms. The molecular formula is C20H21NO8P+. The Bertz CT molecular complexity index is 933. The van der Waals surface area contributed by atoms with E-state index in [1.54, 1.807) is 36.4 Å². The van der Waals surface area contributed by atoms with Crippen LogP contribution in [0.3, 0.4) is 0 Å². The number of nitrogens with one attached hydrogen (secondary N) is 1. The molecule has 0 saturated carbocycles. The number of carbonyl (C=O) groups is 3. The number of carboxylic acids is 3. The monoisotopic (exact) mass is 434 g/mol. The molecule has 0 radical (unpaired) electrons. The number of aliphatic carboxylic acids is 2. The molecule has 2 aromatic carbocycles. The fraction of sp³-hybridized carbons (Fsp3) is 0.250. The van der Waals surface area contributed by atoms with Gasteiger partial charge in [0.25, 0.3) is 0 Å². The van der Waals surface area contributed by atoms with Crippen LogP contribution in [0.2, 0.25) is 0 Å². The Morgan fingerprint density at radius 2 is 1.53 bits per heavy atom. The molecule has 9 nitrogen and oxygen atoms in total. The van der Waals surface area contributed by atoms with Crippen LogP contribution in [0.15, 0.2) is 54.6 Å². The first kappa shape index (κ1) is 23.0. The first-order valence-electron chi connectivity index (χ1n) is 8.96. The minimum absolute atomic E-state index is 0.0947. The molecule has 0 amide bonds. The fourth-order valence-electron chi connectivity index (χ4n) is 3.22. The highest BCUT2D eigenvalue weighted by molar-refractivity contribution is 7.39. The van der Waals surface area contributed by atoms with E-state index in [-0.39, 0.29) is 17.7 Å². The second kappa shape index (κ2) is 10.5. The van der Waals surface area contributed by atoms with Crippen LogP contribution in [0.1, 0.15) is 34.8 Å². The number of aromatic carboxylic acids is 1. The van der Waals surface area contributed by atoms with Gasteiger partial charge in [-0.2, -0.15) is 4.89 Å². The maximum absolute atomic E-state index is 12.3. The molecule has 0 heterocycles. The second-order valence-corrected chi connectivity index (χ2v) is 7.76. The Morgan fingerprint density at radius 1 is 0.933 bits per heavy atom. The molecule has 5 N–H and O–H groups in total. The maximum Gasteiger partial charge on any atom is 0.512 e. The number of hydrogen-bond donors (Lipinski definition) is 5.